The molecule has 0 saturated heterocycles. The molecule has 0 aromatic heterocycles. The molecule has 5 aromatic carbocycles. The number of hydrogen-bond donors (Lipinski definition) is 4. The van der Waals surface area contributed by atoms with Gasteiger partial charge in [-0.25, -0.2) is 0 Å². The molecule has 5 rings (SSSR count). The number of nitrogen functional groups attached to an aromatic ring is 1. The van der Waals surface area contributed by atoms with Crippen molar-refractivity contribution in [3.63, 3.8) is 0 Å². The van der Waals surface area contributed by atoms with Gasteiger partial charge in [0.25, 0.3) is 30.4 Å². The van der Waals surface area contributed by atoms with Crippen LogP contribution in [0.3, 0.4) is 0 Å². The van der Waals surface area contributed by atoms with Crippen molar-refractivity contribution in [2.45, 2.75) is 14.7 Å². The van der Waals surface area contributed by atoms with Gasteiger partial charge in [0, 0.05) is 27.2 Å². The van der Waals surface area contributed by atoms with Gasteiger partial charge in [-0.1, -0.05) is 30.3 Å². The maximum absolute atomic E-state index is 11.9. The molecule has 0 spiro atoms. The van der Waals surface area contributed by atoms with Gasteiger partial charge in [0.15, 0.2) is 0 Å². The number of fused-ring (bicyclic) bond motifs is 2. The lowest BCUT2D eigenvalue weighted by Crippen LogP contribution is -2.01. The van der Waals surface area contributed by atoms with Gasteiger partial charge in [0.1, 0.15) is 15.5 Å². The molecule has 0 bridgehead atoms. The van der Waals surface area contributed by atoms with Crippen LogP contribution in [-0.4, -0.2) is 51.5 Å². The molecular formula is C26H19N5O12S4. The summed E-state index contributed by atoms with van der Waals surface area (Å²) in [5.41, 5.74) is 6.32. The molecule has 5 N–H and O–H groups in total. The first kappa shape index (κ1) is 34.8. The highest BCUT2D eigenvalue weighted by molar-refractivity contribution is 7.86. The van der Waals surface area contributed by atoms with Crippen LogP contribution in [0.15, 0.2) is 120 Å². The summed E-state index contributed by atoms with van der Waals surface area (Å²) in [5.74, 6) is 0. The number of benzene rings is 5. The van der Waals surface area contributed by atoms with Crippen LogP contribution < -0.4 is 5.73 Å². The molecular weight excluding hydrogens is 703 g/mol. The zero-order chi connectivity index (χ0) is 34.7. The standard InChI is InChI=1S/C26H19N5O9S3.O3S/c27-19-10-11-21(17-4-3-7-25(26(17)19)43(38,39)40)29-30-22-13-12-20(16-9-8-15(14-18(16)22)41(32,33)34)28-31-23-5-1-2-6-24(23)42(35,36)37;1-4(2)3/h1-14H,27H2,(H,32,33,34)(H,35,36,37)(H,38,39,40);. The Balaban J connectivity index is 0.00000118. The summed E-state index contributed by atoms with van der Waals surface area (Å²) >= 11 is 0. The topological polar surface area (TPSA) is 290 Å². The number of hydrogen-bond acceptors (Lipinski definition) is 14. The van der Waals surface area contributed by atoms with E-state index in [1.165, 1.54) is 66.7 Å². The largest absolute Gasteiger partial charge is 0.425 e. The molecule has 0 atom stereocenters. The Morgan fingerprint density at radius 3 is 1.57 bits per heavy atom. The second kappa shape index (κ2) is 13.4. The maximum Gasteiger partial charge on any atom is 0.425 e. The summed E-state index contributed by atoms with van der Waals surface area (Å²) in [6.45, 7) is 0. The van der Waals surface area contributed by atoms with Gasteiger partial charge >= 0.3 is 10.6 Å². The Morgan fingerprint density at radius 1 is 0.511 bits per heavy atom. The Labute approximate surface area is 267 Å². The van der Waals surface area contributed by atoms with Crippen molar-refractivity contribution in [1.29, 1.82) is 0 Å². The van der Waals surface area contributed by atoms with Crippen molar-refractivity contribution in [2.75, 3.05) is 5.73 Å². The highest BCUT2D eigenvalue weighted by Crippen LogP contribution is 2.39. The van der Waals surface area contributed by atoms with Crippen LogP contribution in [0.2, 0.25) is 0 Å². The van der Waals surface area contributed by atoms with Crippen LogP contribution in [0, 0.1) is 0 Å². The molecule has 0 fully saturated rings. The predicted molar refractivity (Wildman–Crippen MR) is 166 cm³/mol. The molecule has 0 aliphatic carbocycles. The van der Waals surface area contributed by atoms with Crippen LogP contribution in [0.25, 0.3) is 21.5 Å². The second-order valence-corrected chi connectivity index (χ2v) is 13.8. The first-order valence-corrected chi connectivity index (χ1v) is 17.7. The summed E-state index contributed by atoms with van der Waals surface area (Å²) < 4.78 is 125. The van der Waals surface area contributed by atoms with Gasteiger partial charge in [-0.2, -0.15) is 25.3 Å². The Kier molecular flexibility index (Phi) is 9.91. The van der Waals surface area contributed by atoms with Gasteiger partial charge in [0.2, 0.25) is 0 Å². The third-order valence-corrected chi connectivity index (χ3v) is 8.85. The monoisotopic (exact) mass is 721 g/mol. The van der Waals surface area contributed by atoms with Crippen molar-refractivity contribution in [1.82, 2.24) is 0 Å². The van der Waals surface area contributed by atoms with Crippen molar-refractivity contribution in [2.24, 2.45) is 20.5 Å². The molecule has 21 heteroatoms. The van der Waals surface area contributed by atoms with E-state index in [0.717, 1.165) is 18.2 Å². The minimum atomic E-state index is -4.64. The summed E-state index contributed by atoms with van der Waals surface area (Å²) in [5, 5.41) is 17.2. The van der Waals surface area contributed by atoms with Crippen molar-refractivity contribution >= 4 is 90.9 Å². The molecule has 0 heterocycles. The second-order valence-electron chi connectivity index (χ2n) is 9.16. The fourth-order valence-corrected chi connectivity index (χ4v) is 6.16. The highest BCUT2D eigenvalue weighted by atomic mass is 32.2. The Morgan fingerprint density at radius 2 is 1.00 bits per heavy atom. The number of anilines is 1. The molecule has 5 aromatic rings. The van der Waals surface area contributed by atoms with Crippen molar-refractivity contribution in [3.8, 4) is 0 Å². The van der Waals surface area contributed by atoms with Crippen LogP contribution in [0.5, 0.6) is 0 Å². The van der Waals surface area contributed by atoms with Crippen LogP contribution in [0.4, 0.5) is 28.4 Å². The Hall–Kier alpha value is -5.03. The smallest absolute Gasteiger partial charge is 0.398 e. The fourth-order valence-electron chi connectivity index (χ4n) is 4.29. The molecule has 17 nitrogen and oxygen atoms in total. The van der Waals surface area contributed by atoms with Crippen LogP contribution in [-0.2, 0) is 41.0 Å². The van der Waals surface area contributed by atoms with Crippen LogP contribution >= 0.6 is 0 Å². The average Bonchev–Trinajstić information content (AvgIpc) is 2.98. The van der Waals surface area contributed by atoms with E-state index in [-0.39, 0.29) is 50.0 Å². The third kappa shape index (κ3) is 8.23. The molecule has 244 valence electrons. The molecule has 0 aliphatic heterocycles. The van der Waals surface area contributed by atoms with Crippen molar-refractivity contribution < 1.29 is 51.5 Å². The molecule has 47 heavy (non-hydrogen) atoms. The average molecular weight is 722 g/mol. The maximum atomic E-state index is 11.9. The molecule has 0 saturated carbocycles. The zero-order valence-electron chi connectivity index (χ0n) is 23.1. The third-order valence-electron chi connectivity index (χ3n) is 6.20. The van der Waals surface area contributed by atoms with Gasteiger partial charge in [0.05, 0.1) is 22.0 Å². The summed E-state index contributed by atoms with van der Waals surface area (Å²) in [7, 11) is -17.0. The zero-order valence-corrected chi connectivity index (χ0v) is 26.4. The van der Waals surface area contributed by atoms with E-state index in [4.69, 9.17) is 18.4 Å². The lowest BCUT2D eigenvalue weighted by Gasteiger charge is -2.09. The Bertz CT molecular complexity index is 2570. The fraction of sp³-hybridized carbons (Fsp3) is 0. The lowest BCUT2D eigenvalue weighted by atomic mass is 10.1. The lowest BCUT2D eigenvalue weighted by molar-refractivity contribution is 0.481. The number of nitrogens with two attached hydrogens (primary N) is 1. The molecule has 0 radical (unpaired) electrons. The summed E-state index contributed by atoms with van der Waals surface area (Å²) in [6.07, 6.45) is 0. The minimum Gasteiger partial charge on any atom is -0.398 e. The van der Waals surface area contributed by atoms with Gasteiger partial charge in [-0.15, -0.1) is 33.1 Å². The number of rotatable bonds is 7. The van der Waals surface area contributed by atoms with E-state index in [2.05, 4.69) is 20.5 Å². The van der Waals surface area contributed by atoms with Gasteiger partial charge < -0.3 is 5.73 Å². The summed E-state index contributed by atoms with van der Waals surface area (Å²) in [4.78, 5) is -1.36. The normalized spacial score (nSPS) is 12.4. The van der Waals surface area contributed by atoms with Crippen molar-refractivity contribution in [3.05, 3.63) is 84.9 Å². The number of azo groups is 2. The minimum absolute atomic E-state index is 0.0286. The van der Waals surface area contributed by atoms with Crippen LogP contribution in [0.1, 0.15) is 0 Å². The quantitative estimate of drug-likeness (QED) is 0.0962. The van der Waals surface area contributed by atoms with Gasteiger partial charge in [-0.05, 0) is 54.6 Å². The first-order valence-electron chi connectivity index (χ1n) is 12.4. The summed E-state index contributed by atoms with van der Waals surface area (Å²) in [6, 6.07) is 18.7. The molecule has 0 unspecified atom stereocenters. The van der Waals surface area contributed by atoms with E-state index in [1.807, 2.05) is 0 Å². The predicted octanol–water partition coefficient (Wildman–Crippen LogP) is 5.14. The molecule has 0 amide bonds. The van der Waals surface area contributed by atoms with E-state index < -0.39 is 55.6 Å². The van der Waals surface area contributed by atoms with E-state index in [1.54, 1.807) is 0 Å². The SMILES string of the molecule is Nc1ccc(N=Nc2ccc(N=Nc3ccccc3S(=O)(=O)O)c3ccc(S(=O)(=O)O)cc23)c2cccc(S(=O)(=O)O)c12.O=S(=O)=O. The first-order chi connectivity index (χ1) is 21.9. The molecule has 0 aliphatic rings. The highest BCUT2D eigenvalue weighted by Gasteiger charge is 2.19. The van der Waals surface area contributed by atoms with E-state index >= 15 is 0 Å². The van der Waals surface area contributed by atoms with E-state index in [0.29, 0.717) is 0 Å². The van der Waals surface area contributed by atoms with Gasteiger partial charge in [-0.3, -0.25) is 13.7 Å². The van der Waals surface area contributed by atoms with E-state index in [9.17, 15) is 38.9 Å². The number of nitrogens with zero attached hydrogens (tertiary/aromatic N) is 4.